The van der Waals surface area contributed by atoms with E-state index in [1.54, 1.807) is 19.4 Å². The van der Waals surface area contributed by atoms with Crippen molar-refractivity contribution in [2.75, 3.05) is 32.1 Å². The summed E-state index contributed by atoms with van der Waals surface area (Å²) in [7, 11) is 1.63. The molecule has 1 aliphatic heterocycles. The summed E-state index contributed by atoms with van der Waals surface area (Å²) in [6.07, 6.45) is 5.05. The Balaban J connectivity index is 1.21. The normalized spacial score (nSPS) is 24.2. The van der Waals surface area contributed by atoms with E-state index in [0.29, 0.717) is 23.8 Å². The molecule has 3 aromatic rings. The van der Waals surface area contributed by atoms with Crippen LogP contribution in [0.4, 0.5) is 5.95 Å². The van der Waals surface area contributed by atoms with Gasteiger partial charge in [0.2, 0.25) is 11.8 Å². The number of nitrogens with one attached hydrogen (secondary N) is 1. The average Bonchev–Trinajstić information content (AvgIpc) is 3.32. The van der Waals surface area contributed by atoms with E-state index in [2.05, 4.69) is 62.6 Å². The molecule has 32 heavy (non-hydrogen) atoms. The topological polar surface area (TPSA) is 50.3 Å². The third-order valence-electron chi connectivity index (χ3n) is 7.56. The number of piperidine rings is 1. The van der Waals surface area contributed by atoms with E-state index in [9.17, 15) is 0 Å². The second kappa shape index (κ2) is 7.75. The van der Waals surface area contributed by atoms with Crippen molar-refractivity contribution in [2.24, 2.45) is 0 Å². The number of fused-ring (bicyclic) bond motifs is 8. The zero-order chi connectivity index (χ0) is 21.7. The predicted molar refractivity (Wildman–Crippen MR) is 127 cm³/mol. The third-order valence-corrected chi connectivity index (χ3v) is 7.80. The van der Waals surface area contributed by atoms with Gasteiger partial charge in [-0.2, -0.15) is 4.98 Å². The first-order valence-corrected chi connectivity index (χ1v) is 11.8. The molecule has 3 aliphatic rings. The van der Waals surface area contributed by atoms with Gasteiger partial charge in [0.15, 0.2) is 0 Å². The van der Waals surface area contributed by atoms with Crippen LogP contribution in [-0.2, 0) is 5.41 Å². The maximum Gasteiger partial charge on any atom is 0.226 e. The fourth-order valence-electron chi connectivity index (χ4n) is 6.14. The summed E-state index contributed by atoms with van der Waals surface area (Å²) in [4.78, 5) is 11.4. The SMILES string of the molecule is COc1ccnc(NC2CCN(CC34CC(c5ccccc53)c3ccc(Cl)cc34)CC2)n1. The lowest BCUT2D eigenvalue weighted by molar-refractivity contribution is 0.185. The van der Waals surface area contributed by atoms with E-state index >= 15 is 0 Å². The van der Waals surface area contributed by atoms with Gasteiger partial charge in [0, 0.05) is 54.3 Å². The van der Waals surface area contributed by atoms with Gasteiger partial charge in [-0.05, 0) is 53.6 Å². The highest BCUT2D eigenvalue weighted by atomic mass is 35.5. The average molecular weight is 447 g/mol. The number of benzene rings is 2. The largest absolute Gasteiger partial charge is 0.481 e. The van der Waals surface area contributed by atoms with Crippen molar-refractivity contribution in [3.63, 3.8) is 0 Å². The second-order valence-corrected chi connectivity index (χ2v) is 9.71. The maximum absolute atomic E-state index is 6.47. The molecular formula is C26H27ClN4O. The van der Waals surface area contributed by atoms with Crippen molar-refractivity contribution in [1.82, 2.24) is 14.9 Å². The molecule has 1 saturated heterocycles. The summed E-state index contributed by atoms with van der Waals surface area (Å²) >= 11 is 6.47. The minimum absolute atomic E-state index is 0.0532. The summed E-state index contributed by atoms with van der Waals surface area (Å²) in [6, 6.07) is 17.7. The van der Waals surface area contributed by atoms with Crippen molar-refractivity contribution in [2.45, 2.75) is 36.6 Å². The summed E-state index contributed by atoms with van der Waals surface area (Å²) < 4.78 is 5.22. The van der Waals surface area contributed by atoms with E-state index in [0.717, 1.165) is 43.9 Å². The van der Waals surface area contributed by atoms with Crippen LogP contribution >= 0.6 is 11.6 Å². The highest BCUT2D eigenvalue weighted by Gasteiger charge is 2.53. The van der Waals surface area contributed by atoms with Gasteiger partial charge in [-0.3, -0.25) is 0 Å². The van der Waals surface area contributed by atoms with Crippen LogP contribution in [0.25, 0.3) is 0 Å². The molecule has 5 nitrogen and oxygen atoms in total. The molecule has 6 rings (SSSR count). The van der Waals surface area contributed by atoms with Gasteiger partial charge >= 0.3 is 0 Å². The molecule has 0 saturated carbocycles. The molecule has 6 heteroatoms. The summed E-state index contributed by atoms with van der Waals surface area (Å²) in [6.45, 7) is 3.18. The maximum atomic E-state index is 6.47. The smallest absolute Gasteiger partial charge is 0.226 e. The summed E-state index contributed by atoms with van der Waals surface area (Å²) in [5.41, 5.74) is 5.98. The molecule has 1 N–H and O–H groups in total. The van der Waals surface area contributed by atoms with Gasteiger partial charge in [-0.1, -0.05) is 41.9 Å². The van der Waals surface area contributed by atoms with Crippen LogP contribution in [0.1, 0.15) is 47.4 Å². The molecular weight excluding hydrogens is 420 g/mol. The molecule has 1 aromatic heterocycles. The lowest BCUT2D eigenvalue weighted by Crippen LogP contribution is -2.46. The fraction of sp³-hybridized carbons (Fsp3) is 0.385. The van der Waals surface area contributed by atoms with E-state index < -0.39 is 0 Å². The number of rotatable bonds is 5. The second-order valence-electron chi connectivity index (χ2n) is 9.28. The molecule has 164 valence electrons. The molecule has 2 heterocycles. The quantitative estimate of drug-likeness (QED) is 0.607. The predicted octanol–water partition coefficient (Wildman–Crippen LogP) is 4.85. The van der Waals surface area contributed by atoms with Gasteiger partial charge in [-0.15, -0.1) is 0 Å². The van der Waals surface area contributed by atoms with Crippen LogP contribution in [0.15, 0.2) is 54.7 Å². The number of aromatic nitrogens is 2. The van der Waals surface area contributed by atoms with Crippen LogP contribution in [0.3, 0.4) is 0 Å². The van der Waals surface area contributed by atoms with Crippen LogP contribution in [0.5, 0.6) is 5.88 Å². The molecule has 2 aromatic carbocycles. The lowest BCUT2D eigenvalue weighted by Gasteiger charge is -2.40. The summed E-state index contributed by atoms with van der Waals surface area (Å²) in [5, 5.41) is 4.34. The first kappa shape index (κ1) is 20.0. The van der Waals surface area contributed by atoms with Gasteiger partial charge in [0.25, 0.3) is 0 Å². The molecule has 0 spiro atoms. The Morgan fingerprint density at radius 2 is 1.91 bits per heavy atom. The molecule has 0 radical (unpaired) electrons. The Labute approximate surface area is 193 Å². The van der Waals surface area contributed by atoms with Crippen molar-refractivity contribution in [3.05, 3.63) is 82.0 Å². The Morgan fingerprint density at radius 3 is 2.75 bits per heavy atom. The number of anilines is 1. The minimum atomic E-state index is 0.0532. The van der Waals surface area contributed by atoms with Crippen LogP contribution in [0, 0.1) is 0 Å². The molecule has 2 bridgehead atoms. The number of hydrogen-bond acceptors (Lipinski definition) is 5. The number of likely N-dealkylation sites (tertiary alicyclic amines) is 1. The molecule has 2 atom stereocenters. The Kier molecular flexibility index (Phi) is 4.85. The van der Waals surface area contributed by atoms with Crippen LogP contribution in [0.2, 0.25) is 5.02 Å². The van der Waals surface area contributed by atoms with Gasteiger partial charge < -0.3 is 15.0 Å². The number of methoxy groups -OCH3 is 1. The van der Waals surface area contributed by atoms with E-state index in [4.69, 9.17) is 16.3 Å². The van der Waals surface area contributed by atoms with Crippen LogP contribution < -0.4 is 10.1 Å². The molecule has 2 unspecified atom stereocenters. The number of halogens is 1. The van der Waals surface area contributed by atoms with Gasteiger partial charge in [0.1, 0.15) is 0 Å². The third kappa shape index (κ3) is 3.18. The number of ether oxygens (including phenoxy) is 1. The zero-order valence-corrected chi connectivity index (χ0v) is 19.0. The Hall–Kier alpha value is -2.63. The monoisotopic (exact) mass is 446 g/mol. The molecule has 1 fully saturated rings. The Morgan fingerprint density at radius 1 is 1.09 bits per heavy atom. The van der Waals surface area contributed by atoms with Crippen molar-refractivity contribution in [1.29, 1.82) is 0 Å². The van der Waals surface area contributed by atoms with Gasteiger partial charge in [-0.25, -0.2) is 4.98 Å². The lowest BCUT2D eigenvalue weighted by atomic mass is 9.74. The molecule has 2 aliphatic carbocycles. The van der Waals surface area contributed by atoms with Gasteiger partial charge in [0.05, 0.1) is 7.11 Å². The van der Waals surface area contributed by atoms with Crippen molar-refractivity contribution in [3.8, 4) is 5.88 Å². The first-order valence-electron chi connectivity index (χ1n) is 11.4. The fourth-order valence-corrected chi connectivity index (χ4v) is 6.32. The minimum Gasteiger partial charge on any atom is -0.481 e. The number of hydrogen-bond donors (Lipinski definition) is 1. The highest BCUT2D eigenvalue weighted by Crippen LogP contribution is 2.60. The van der Waals surface area contributed by atoms with E-state index in [-0.39, 0.29) is 5.41 Å². The number of nitrogens with zero attached hydrogens (tertiary/aromatic N) is 3. The van der Waals surface area contributed by atoms with Crippen LogP contribution in [-0.4, -0.2) is 47.7 Å². The zero-order valence-electron chi connectivity index (χ0n) is 18.2. The van der Waals surface area contributed by atoms with Crippen molar-refractivity contribution < 1.29 is 4.74 Å². The van der Waals surface area contributed by atoms with E-state index in [1.807, 2.05) is 0 Å². The Bertz CT molecular complexity index is 1160. The summed E-state index contributed by atoms with van der Waals surface area (Å²) in [5.74, 6) is 1.74. The van der Waals surface area contributed by atoms with Crippen molar-refractivity contribution >= 4 is 17.5 Å². The van der Waals surface area contributed by atoms with E-state index in [1.165, 1.54) is 22.3 Å². The molecule has 0 amide bonds. The standard InChI is InChI=1S/C26H27ClN4O/c1-32-24-8-11-28-25(30-24)29-18-9-12-31(13-10-18)16-26-15-21(19-4-2-3-5-22(19)26)20-7-6-17(27)14-23(20)26/h2-8,11,14,18,21H,9-10,12-13,15-16H2,1H3,(H,28,29,30). The first-order chi connectivity index (χ1) is 15.7. The highest BCUT2D eigenvalue weighted by molar-refractivity contribution is 6.30.